The third kappa shape index (κ3) is 2.84. The third-order valence-corrected chi connectivity index (χ3v) is 3.99. The highest BCUT2D eigenvalue weighted by atomic mass is 19.1. The summed E-state index contributed by atoms with van der Waals surface area (Å²) in [5.41, 5.74) is -0.113. The molecule has 1 heterocycles. The van der Waals surface area contributed by atoms with E-state index in [0.29, 0.717) is 23.2 Å². The summed E-state index contributed by atoms with van der Waals surface area (Å²) in [5.74, 6) is -0.986. The van der Waals surface area contributed by atoms with E-state index < -0.39 is 23.0 Å². The summed E-state index contributed by atoms with van der Waals surface area (Å²) in [4.78, 5) is 39.0. The summed E-state index contributed by atoms with van der Waals surface area (Å²) in [6, 6.07) is 8.46. The Morgan fingerprint density at radius 1 is 1.20 bits per heavy atom. The van der Waals surface area contributed by atoms with Crippen LogP contribution in [0.2, 0.25) is 0 Å². The van der Waals surface area contributed by atoms with Crippen molar-refractivity contribution in [1.82, 2.24) is 9.55 Å². The van der Waals surface area contributed by atoms with Crippen LogP contribution in [0.3, 0.4) is 0 Å². The van der Waals surface area contributed by atoms with Gasteiger partial charge in [-0.2, -0.15) is 0 Å². The van der Waals surface area contributed by atoms with Gasteiger partial charge < -0.3 is 9.72 Å². The average Bonchev–Trinajstić information content (AvgIpc) is 2.61. The molecule has 0 aliphatic heterocycles. The summed E-state index contributed by atoms with van der Waals surface area (Å²) < 4.78 is 19.4. The lowest BCUT2D eigenvalue weighted by Gasteiger charge is -2.08. The first kappa shape index (κ1) is 16.6. The van der Waals surface area contributed by atoms with Gasteiger partial charge in [0.1, 0.15) is 5.82 Å². The number of rotatable bonds is 3. The summed E-state index contributed by atoms with van der Waals surface area (Å²) in [7, 11) is 1.26. The number of carbonyl (C=O) groups excluding carboxylic acids is 1. The van der Waals surface area contributed by atoms with E-state index >= 15 is 0 Å². The number of nitrogens with zero attached hydrogens (tertiary/aromatic N) is 1. The summed E-state index contributed by atoms with van der Waals surface area (Å²) in [6.45, 7) is 1.78. The molecule has 0 saturated carbocycles. The Hall–Kier alpha value is -3.22. The molecule has 0 radical (unpaired) electrons. The smallest absolute Gasteiger partial charge is 0.337 e. The van der Waals surface area contributed by atoms with Crippen LogP contribution in [0.5, 0.6) is 0 Å². The first-order valence-electron chi connectivity index (χ1n) is 7.62. The zero-order chi connectivity index (χ0) is 18.1. The van der Waals surface area contributed by atoms with Crippen molar-refractivity contribution in [3.05, 3.63) is 74.2 Å². The number of benzene rings is 2. The van der Waals surface area contributed by atoms with Gasteiger partial charge in [-0.25, -0.2) is 18.5 Å². The van der Waals surface area contributed by atoms with Crippen LogP contribution >= 0.6 is 0 Å². The minimum Gasteiger partial charge on any atom is -0.465 e. The lowest BCUT2D eigenvalue weighted by Crippen LogP contribution is -2.33. The van der Waals surface area contributed by atoms with Crippen molar-refractivity contribution >= 4 is 16.9 Å². The van der Waals surface area contributed by atoms with Crippen molar-refractivity contribution in [3.63, 3.8) is 0 Å². The van der Waals surface area contributed by atoms with Crippen LogP contribution in [0.4, 0.5) is 4.39 Å². The summed E-state index contributed by atoms with van der Waals surface area (Å²) >= 11 is 0. The van der Waals surface area contributed by atoms with Crippen molar-refractivity contribution in [3.8, 4) is 5.69 Å². The molecule has 0 bridgehead atoms. The van der Waals surface area contributed by atoms with Crippen LogP contribution in [-0.2, 0) is 11.2 Å². The Morgan fingerprint density at radius 2 is 1.88 bits per heavy atom. The highest BCUT2D eigenvalue weighted by molar-refractivity contribution is 5.89. The lowest BCUT2D eigenvalue weighted by atomic mass is 10.1. The first-order valence-corrected chi connectivity index (χ1v) is 7.62. The number of halogens is 1. The largest absolute Gasteiger partial charge is 0.465 e. The van der Waals surface area contributed by atoms with Crippen LogP contribution < -0.4 is 11.2 Å². The van der Waals surface area contributed by atoms with Crippen molar-refractivity contribution in [2.45, 2.75) is 13.3 Å². The van der Waals surface area contributed by atoms with Crippen LogP contribution in [0.25, 0.3) is 16.6 Å². The van der Waals surface area contributed by atoms with Crippen LogP contribution in [0, 0.1) is 5.82 Å². The number of nitrogens with one attached hydrogen (secondary N) is 1. The van der Waals surface area contributed by atoms with Gasteiger partial charge in [-0.3, -0.25) is 4.79 Å². The van der Waals surface area contributed by atoms with Crippen molar-refractivity contribution in [1.29, 1.82) is 0 Å². The van der Waals surface area contributed by atoms with Gasteiger partial charge in [-0.05, 0) is 48.4 Å². The summed E-state index contributed by atoms with van der Waals surface area (Å²) in [5, 5.41) is 0.217. The molecule has 0 saturated heterocycles. The maximum Gasteiger partial charge on any atom is 0.337 e. The second-order valence-electron chi connectivity index (χ2n) is 5.45. The molecule has 0 spiro atoms. The quantitative estimate of drug-likeness (QED) is 0.740. The number of aromatic nitrogens is 2. The van der Waals surface area contributed by atoms with Gasteiger partial charge in [0.25, 0.3) is 5.56 Å². The van der Waals surface area contributed by atoms with Gasteiger partial charge >= 0.3 is 11.7 Å². The van der Waals surface area contributed by atoms with Crippen LogP contribution in [-0.4, -0.2) is 22.6 Å². The van der Waals surface area contributed by atoms with Gasteiger partial charge in [0.2, 0.25) is 0 Å². The van der Waals surface area contributed by atoms with Gasteiger partial charge in [0, 0.05) is 0 Å². The number of aromatic amines is 1. The number of fused-ring (bicyclic) bond motifs is 1. The predicted molar refractivity (Wildman–Crippen MR) is 90.8 cm³/mol. The predicted octanol–water partition coefficient (Wildman–Crippen LogP) is 2.17. The number of H-pyrrole nitrogens is 1. The Kier molecular flexibility index (Phi) is 4.22. The van der Waals surface area contributed by atoms with Crippen LogP contribution in [0.15, 0.2) is 46.0 Å². The van der Waals surface area contributed by atoms with Crippen molar-refractivity contribution < 1.29 is 13.9 Å². The van der Waals surface area contributed by atoms with Gasteiger partial charge in [0.15, 0.2) is 0 Å². The fraction of sp³-hybridized carbons (Fsp3) is 0.167. The van der Waals surface area contributed by atoms with Gasteiger partial charge in [-0.15, -0.1) is 0 Å². The number of methoxy groups -OCH3 is 1. The molecule has 2 aromatic carbocycles. The fourth-order valence-electron chi connectivity index (χ4n) is 2.65. The molecule has 7 heteroatoms. The third-order valence-electron chi connectivity index (χ3n) is 3.99. The molecule has 0 unspecified atom stereocenters. The second-order valence-corrected chi connectivity index (χ2v) is 5.45. The van der Waals surface area contributed by atoms with E-state index in [4.69, 9.17) is 0 Å². The lowest BCUT2D eigenvalue weighted by molar-refractivity contribution is 0.0600. The van der Waals surface area contributed by atoms with E-state index in [1.54, 1.807) is 6.92 Å². The molecular weight excluding hydrogens is 327 g/mol. The maximum atomic E-state index is 13.9. The highest BCUT2D eigenvalue weighted by Crippen LogP contribution is 2.15. The second kappa shape index (κ2) is 6.35. The molecule has 0 fully saturated rings. The standard InChI is InChI=1S/C18H15FN2O4/c1-3-10-8-13-15(9-14(10)19)20-18(24)21(16(13)22)12-6-4-11(5-7-12)17(23)25-2/h4-9H,3H2,1-2H3,(H,20,24). The highest BCUT2D eigenvalue weighted by Gasteiger charge is 2.13. The SMILES string of the molecule is CCc1cc2c(=O)n(-c3ccc(C(=O)OC)cc3)c(=O)[nH]c2cc1F. The van der Waals surface area contributed by atoms with E-state index in [1.807, 2.05) is 0 Å². The molecule has 3 rings (SSSR count). The molecule has 6 nitrogen and oxygen atoms in total. The van der Waals surface area contributed by atoms with Gasteiger partial charge in [0.05, 0.1) is 29.3 Å². The van der Waals surface area contributed by atoms with Crippen molar-refractivity contribution in [2.75, 3.05) is 7.11 Å². The normalized spacial score (nSPS) is 10.8. The average molecular weight is 342 g/mol. The minimum absolute atomic E-state index is 0.145. The number of esters is 1. The number of aryl methyl sites for hydroxylation is 1. The van der Waals surface area contributed by atoms with E-state index in [2.05, 4.69) is 9.72 Å². The minimum atomic E-state index is -0.688. The molecule has 3 aromatic rings. The molecule has 0 atom stereocenters. The number of carbonyl (C=O) groups is 1. The van der Waals surface area contributed by atoms with Gasteiger partial charge in [-0.1, -0.05) is 6.92 Å². The number of ether oxygens (including phenoxy) is 1. The first-order chi connectivity index (χ1) is 12.0. The fourth-order valence-corrected chi connectivity index (χ4v) is 2.65. The molecule has 25 heavy (non-hydrogen) atoms. The molecular formula is C18H15FN2O4. The Balaban J connectivity index is 2.23. The maximum absolute atomic E-state index is 13.9. The zero-order valence-electron chi connectivity index (χ0n) is 13.6. The molecule has 0 aliphatic carbocycles. The topological polar surface area (TPSA) is 81.2 Å². The Bertz CT molecular complexity index is 1080. The molecule has 128 valence electrons. The summed E-state index contributed by atoms with van der Waals surface area (Å²) in [6.07, 6.45) is 0.425. The van der Waals surface area contributed by atoms with Crippen LogP contribution in [0.1, 0.15) is 22.8 Å². The monoisotopic (exact) mass is 342 g/mol. The van der Waals surface area contributed by atoms with E-state index in [1.165, 1.54) is 37.4 Å². The zero-order valence-corrected chi connectivity index (χ0v) is 13.6. The van der Waals surface area contributed by atoms with E-state index in [9.17, 15) is 18.8 Å². The number of hydrogen-bond donors (Lipinski definition) is 1. The van der Waals surface area contributed by atoms with Crippen molar-refractivity contribution in [2.24, 2.45) is 0 Å². The molecule has 0 amide bonds. The molecule has 1 aromatic heterocycles. The van der Waals surface area contributed by atoms with E-state index in [-0.39, 0.29) is 10.9 Å². The van der Waals surface area contributed by atoms with E-state index in [0.717, 1.165) is 10.6 Å². The molecule has 1 N–H and O–H groups in total. The Labute approximate surface area is 141 Å². The number of hydrogen-bond acceptors (Lipinski definition) is 4. The molecule has 0 aliphatic rings. The Morgan fingerprint density at radius 3 is 2.48 bits per heavy atom.